The second-order valence-electron chi connectivity index (χ2n) is 3.29. The summed E-state index contributed by atoms with van der Waals surface area (Å²) in [6.45, 7) is 0. The fourth-order valence-electron chi connectivity index (χ4n) is 1.39. The van der Waals surface area contributed by atoms with E-state index < -0.39 is 0 Å². The van der Waals surface area contributed by atoms with E-state index in [0.717, 1.165) is 0 Å². The van der Waals surface area contributed by atoms with Crippen molar-refractivity contribution in [3.8, 4) is 23.4 Å². The van der Waals surface area contributed by atoms with E-state index in [1.807, 2.05) is 6.07 Å². The Labute approximate surface area is 113 Å². The highest BCUT2D eigenvalue weighted by Gasteiger charge is 2.13. The number of hydrogen-bond donors (Lipinski definition) is 0. The summed E-state index contributed by atoms with van der Waals surface area (Å²) in [6.07, 6.45) is 0. The first-order chi connectivity index (χ1) is 8.65. The van der Waals surface area contributed by atoms with E-state index in [1.165, 1.54) is 0 Å². The lowest BCUT2D eigenvalue weighted by Crippen LogP contribution is -1.98. The summed E-state index contributed by atoms with van der Waals surface area (Å²) in [5.41, 5.74) is 0.820. The van der Waals surface area contributed by atoms with E-state index >= 15 is 0 Å². The maximum absolute atomic E-state index is 8.89. The van der Waals surface area contributed by atoms with Crippen LogP contribution in [0.25, 0.3) is 11.3 Å². The first-order valence-corrected chi connectivity index (χ1v) is 5.55. The summed E-state index contributed by atoms with van der Waals surface area (Å²) in [4.78, 5) is 7.88. The Hall–Kier alpha value is -2.14. The molecule has 1 aromatic carbocycles. The molecule has 1 aromatic heterocycles. The van der Waals surface area contributed by atoms with Crippen molar-refractivity contribution in [3.05, 3.63) is 45.8 Å². The molecule has 2 aromatic rings. The van der Waals surface area contributed by atoms with Crippen LogP contribution in [0.1, 0.15) is 11.4 Å². The van der Waals surface area contributed by atoms with Crippen LogP contribution in [-0.2, 0) is 0 Å². The van der Waals surface area contributed by atoms with Gasteiger partial charge in [0.05, 0.1) is 0 Å². The number of rotatable bonds is 1. The zero-order valence-electron chi connectivity index (χ0n) is 8.85. The Morgan fingerprint density at radius 3 is 2.28 bits per heavy atom. The number of nitrogens with zero attached hydrogens (tertiary/aromatic N) is 4. The molecule has 0 atom stereocenters. The lowest BCUT2D eigenvalue weighted by Gasteiger charge is -2.04. The average molecular weight is 275 g/mol. The van der Waals surface area contributed by atoms with Gasteiger partial charge in [0.25, 0.3) is 0 Å². The fraction of sp³-hybridized carbons (Fsp3) is 0. The van der Waals surface area contributed by atoms with Crippen LogP contribution in [0, 0.1) is 22.7 Å². The zero-order valence-corrected chi connectivity index (χ0v) is 10.4. The lowest BCUT2D eigenvalue weighted by molar-refractivity contribution is 1.13. The van der Waals surface area contributed by atoms with Crippen LogP contribution in [0.3, 0.4) is 0 Å². The van der Waals surface area contributed by atoms with Crippen molar-refractivity contribution in [2.75, 3.05) is 0 Å². The van der Waals surface area contributed by atoms with E-state index in [9.17, 15) is 0 Å². The molecule has 6 heteroatoms. The molecule has 0 saturated carbocycles. The normalized spacial score (nSPS) is 9.56. The Kier molecular flexibility index (Phi) is 3.43. The highest BCUT2D eigenvalue weighted by molar-refractivity contribution is 6.32. The van der Waals surface area contributed by atoms with Crippen molar-refractivity contribution in [1.29, 1.82) is 10.5 Å². The largest absolute Gasteiger partial charge is 0.231 e. The number of hydrogen-bond acceptors (Lipinski definition) is 4. The molecule has 0 saturated heterocycles. The van der Waals surface area contributed by atoms with Gasteiger partial charge >= 0.3 is 0 Å². The summed E-state index contributed by atoms with van der Waals surface area (Å²) in [5, 5.41) is 18.3. The van der Waals surface area contributed by atoms with Crippen molar-refractivity contribution < 1.29 is 0 Å². The molecule has 0 spiro atoms. The lowest BCUT2D eigenvalue weighted by atomic mass is 10.1. The van der Waals surface area contributed by atoms with Crippen LogP contribution in [0.5, 0.6) is 0 Å². The van der Waals surface area contributed by atoms with E-state index in [4.69, 9.17) is 33.7 Å². The molecular weight excluding hydrogens is 271 g/mol. The smallest absolute Gasteiger partial charge is 0.178 e. The third kappa shape index (κ3) is 2.26. The second-order valence-corrected chi connectivity index (χ2v) is 4.09. The summed E-state index contributed by atoms with van der Waals surface area (Å²) < 4.78 is 0. The molecule has 0 unspecified atom stereocenters. The molecule has 86 valence electrons. The van der Waals surface area contributed by atoms with E-state index in [0.29, 0.717) is 16.3 Å². The van der Waals surface area contributed by atoms with Gasteiger partial charge in [0.15, 0.2) is 16.5 Å². The third-order valence-corrected chi connectivity index (χ3v) is 2.66. The van der Waals surface area contributed by atoms with Crippen molar-refractivity contribution in [2.45, 2.75) is 0 Å². The van der Waals surface area contributed by atoms with Crippen LogP contribution in [-0.4, -0.2) is 9.97 Å². The van der Waals surface area contributed by atoms with Crippen LogP contribution in [0.2, 0.25) is 10.2 Å². The fourth-order valence-corrected chi connectivity index (χ4v) is 1.82. The Morgan fingerprint density at radius 2 is 1.67 bits per heavy atom. The molecule has 1 heterocycles. The molecule has 2 rings (SSSR count). The first kappa shape index (κ1) is 12.3. The van der Waals surface area contributed by atoms with Gasteiger partial charge in [0.2, 0.25) is 0 Å². The van der Waals surface area contributed by atoms with Crippen LogP contribution < -0.4 is 0 Å². The molecule has 0 radical (unpaired) electrons. The molecule has 0 aliphatic rings. The van der Waals surface area contributed by atoms with Crippen molar-refractivity contribution in [2.24, 2.45) is 0 Å². The number of halogens is 2. The minimum absolute atomic E-state index is 0.0584. The standard InChI is InChI=1S/C12H4Cl2N4/c13-8-3-1-2-7(4-8)11-12(14)18-10(6-16)9(5-15)17-11/h1-4H. The molecule has 0 aliphatic heterocycles. The number of benzene rings is 1. The van der Waals surface area contributed by atoms with Crippen LogP contribution >= 0.6 is 23.2 Å². The second kappa shape index (κ2) is 5.01. The molecule has 0 bridgehead atoms. The van der Waals surface area contributed by atoms with Gasteiger partial charge in [-0.2, -0.15) is 10.5 Å². The minimum atomic E-state index is -0.0896. The molecule has 0 amide bonds. The van der Waals surface area contributed by atoms with Crippen LogP contribution in [0.15, 0.2) is 24.3 Å². The van der Waals surface area contributed by atoms with Gasteiger partial charge in [0.1, 0.15) is 17.8 Å². The quantitative estimate of drug-likeness (QED) is 0.801. The monoisotopic (exact) mass is 274 g/mol. The van der Waals surface area contributed by atoms with Crippen molar-refractivity contribution in [1.82, 2.24) is 9.97 Å². The predicted octanol–water partition coefficient (Wildman–Crippen LogP) is 3.19. The highest BCUT2D eigenvalue weighted by Crippen LogP contribution is 2.27. The molecule has 18 heavy (non-hydrogen) atoms. The maximum Gasteiger partial charge on any atom is 0.178 e. The van der Waals surface area contributed by atoms with Crippen molar-refractivity contribution in [3.63, 3.8) is 0 Å². The summed E-state index contributed by atoms with van der Waals surface area (Å²) in [7, 11) is 0. The van der Waals surface area contributed by atoms with Gasteiger partial charge in [0, 0.05) is 10.6 Å². The van der Waals surface area contributed by atoms with Gasteiger partial charge < -0.3 is 0 Å². The van der Waals surface area contributed by atoms with Gasteiger partial charge in [-0.15, -0.1) is 0 Å². The van der Waals surface area contributed by atoms with Gasteiger partial charge in [-0.25, -0.2) is 9.97 Å². The third-order valence-electron chi connectivity index (χ3n) is 2.16. The average Bonchev–Trinajstić information content (AvgIpc) is 2.38. The first-order valence-electron chi connectivity index (χ1n) is 4.79. The molecule has 0 N–H and O–H groups in total. The molecule has 0 fully saturated rings. The Bertz CT molecular complexity index is 698. The topological polar surface area (TPSA) is 73.4 Å². The highest BCUT2D eigenvalue weighted by atomic mass is 35.5. The van der Waals surface area contributed by atoms with E-state index in [2.05, 4.69) is 9.97 Å². The van der Waals surface area contributed by atoms with E-state index in [1.54, 1.807) is 30.3 Å². The summed E-state index contributed by atoms with van der Waals surface area (Å²) >= 11 is 11.8. The minimum Gasteiger partial charge on any atom is -0.231 e. The van der Waals surface area contributed by atoms with Crippen LogP contribution in [0.4, 0.5) is 0 Å². The SMILES string of the molecule is N#Cc1nc(Cl)c(-c2cccc(Cl)c2)nc1C#N. The summed E-state index contributed by atoms with van der Waals surface area (Å²) in [6, 6.07) is 10.4. The molecule has 0 aliphatic carbocycles. The predicted molar refractivity (Wildman–Crippen MR) is 66.9 cm³/mol. The van der Waals surface area contributed by atoms with Crippen molar-refractivity contribution >= 4 is 23.2 Å². The number of aromatic nitrogens is 2. The Balaban J connectivity index is 2.67. The van der Waals surface area contributed by atoms with Gasteiger partial charge in [-0.3, -0.25) is 0 Å². The maximum atomic E-state index is 8.89. The van der Waals surface area contributed by atoms with Gasteiger partial charge in [-0.05, 0) is 12.1 Å². The molecular formula is C12H4Cl2N4. The van der Waals surface area contributed by atoms with E-state index in [-0.39, 0.29) is 16.5 Å². The van der Waals surface area contributed by atoms with Gasteiger partial charge in [-0.1, -0.05) is 35.3 Å². The zero-order chi connectivity index (χ0) is 13.1. The number of nitriles is 2. The molecule has 4 nitrogen and oxygen atoms in total. The summed E-state index contributed by atoms with van der Waals surface area (Å²) in [5.74, 6) is 0. The Morgan fingerprint density at radius 1 is 1.00 bits per heavy atom.